The molecule has 0 unspecified atom stereocenters. The number of pyridine rings is 1. The highest BCUT2D eigenvalue weighted by Crippen LogP contribution is 2.27. The van der Waals surface area contributed by atoms with Crippen molar-refractivity contribution in [1.82, 2.24) is 4.98 Å². The lowest BCUT2D eigenvalue weighted by Gasteiger charge is -2.28. The Kier molecular flexibility index (Phi) is 4.88. The second-order valence-corrected chi connectivity index (χ2v) is 5.70. The Morgan fingerprint density at radius 3 is 2.41 bits per heavy atom. The van der Waals surface area contributed by atoms with Gasteiger partial charge in [-0.3, -0.25) is 4.98 Å². The van der Waals surface area contributed by atoms with Gasteiger partial charge in [-0.1, -0.05) is 42.0 Å². The molecule has 0 aliphatic carbocycles. The molecule has 1 saturated heterocycles. The summed E-state index contributed by atoms with van der Waals surface area (Å²) in [5, 5.41) is 0.722. The molecule has 114 valence electrons. The van der Waals surface area contributed by atoms with E-state index in [0.717, 1.165) is 21.8 Å². The number of hydrogen-bond donors (Lipinski definition) is 0. The van der Waals surface area contributed by atoms with Crippen LogP contribution in [0.15, 0.2) is 54.7 Å². The number of ether oxygens (including phenoxy) is 2. The summed E-state index contributed by atoms with van der Waals surface area (Å²) in [5.41, 5.74) is 2.88. The first-order valence-corrected chi connectivity index (χ1v) is 7.72. The molecular formula is C18H18ClNO2. The first-order chi connectivity index (χ1) is 10.8. The summed E-state index contributed by atoms with van der Waals surface area (Å²) in [6.07, 6.45) is 5.62. The average molecular weight is 316 g/mol. The Balaban J connectivity index is 1.68. The molecule has 2 aromatic rings. The summed E-state index contributed by atoms with van der Waals surface area (Å²) in [5.74, 6) is 0.336. The second kappa shape index (κ2) is 7.05. The van der Waals surface area contributed by atoms with Gasteiger partial charge in [0.05, 0.1) is 18.9 Å². The van der Waals surface area contributed by atoms with Crippen molar-refractivity contribution in [3.63, 3.8) is 0 Å². The van der Waals surface area contributed by atoms with Crippen molar-refractivity contribution in [1.29, 1.82) is 0 Å². The number of benzene rings is 1. The highest BCUT2D eigenvalue weighted by molar-refractivity contribution is 6.30. The molecule has 1 aliphatic heterocycles. The Morgan fingerprint density at radius 2 is 1.82 bits per heavy atom. The summed E-state index contributed by atoms with van der Waals surface area (Å²) < 4.78 is 11.5. The van der Waals surface area contributed by atoms with E-state index in [1.54, 1.807) is 0 Å². The smallest absolute Gasteiger partial charge is 0.185 e. The third-order valence-corrected chi connectivity index (χ3v) is 3.84. The minimum Gasteiger partial charge on any atom is -0.348 e. The van der Waals surface area contributed by atoms with Crippen LogP contribution in [0.1, 0.15) is 18.8 Å². The molecule has 0 N–H and O–H groups in total. The van der Waals surface area contributed by atoms with Crippen LogP contribution in [0.2, 0.25) is 5.02 Å². The third-order valence-electron chi connectivity index (χ3n) is 3.59. The fraction of sp³-hybridized carbons (Fsp3) is 0.278. The van der Waals surface area contributed by atoms with Gasteiger partial charge < -0.3 is 9.47 Å². The predicted octanol–water partition coefficient (Wildman–Crippen LogP) is 4.64. The minimum atomic E-state index is -0.326. The van der Waals surface area contributed by atoms with E-state index in [0.29, 0.717) is 19.1 Å². The Hall–Kier alpha value is -1.68. The molecule has 4 heteroatoms. The monoisotopic (exact) mass is 315 g/mol. The minimum absolute atomic E-state index is 0.326. The van der Waals surface area contributed by atoms with Gasteiger partial charge in [0, 0.05) is 28.3 Å². The number of aromatic nitrogens is 1. The summed E-state index contributed by atoms with van der Waals surface area (Å²) in [6.45, 7) is 3.35. The van der Waals surface area contributed by atoms with Crippen LogP contribution in [-0.2, 0) is 9.47 Å². The van der Waals surface area contributed by atoms with Gasteiger partial charge in [0.1, 0.15) is 0 Å². The van der Waals surface area contributed by atoms with Crippen molar-refractivity contribution >= 4 is 11.6 Å². The van der Waals surface area contributed by atoms with E-state index in [-0.39, 0.29) is 6.29 Å². The molecular weight excluding hydrogens is 298 g/mol. The van der Waals surface area contributed by atoms with Gasteiger partial charge in [-0.25, -0.2) is 0 Å². The number of halogens is 1. The molecule has 1 aromatic carbocycles. The van der Waals surface area contributed by atoms with Gasteiger partial charge in [-0.05, 0) is 25.1 Å². The van der Waals surface area contributed by atoms with Crippen molar-refractivity contribution in [3.8, 4) is 11.3 Å². The van der Waals surface area contributed by atoms with Crippen molar-refractivity contribution in [3.05, 3.63) is 65.3 Å². The van der Waals surface area contributed by atoms with Crippen LogP contribution in [0.4, 0.5) is 0 Å². The van der Waals surface area contributed by atoms with Crippen molar-refractivity contribution in [2.45, 2.75) is 13.2 Å². The van der Waals surface area contributed by atoms with E-state index >= 15 is 0 Å². The largest absolute Gasteiger partial charge is 0.348 e. The van der Waals surface area contributed by atoms with Crippen molar-refractivity contribution in [2.75, 3.05) is 13.2 Å². The van der Waals surface area contributed by atoms with Gasteiger partial charge >= 0.3 is 0 Å². The molecule has 2 heterocycles. The lowest BCUT2D eigenvalue weighted by atomic mass is 10.1. The first kappa shape index (κ1) is 15.2. The van der Waals surface area contributed by atoms with Gasteiger partial charge in [0.25, 0.3) is 0 Å². The average Bonchev–Trinajstić information content (AvgIpc) is 2.57. The molecule has 3 rings (SSSR count). The van der Waals surface area contributed by atoms with Crippen LogP contribution in [0.3, 0.4) is 0 Å². The van der Waals surface area contributed by atoms with Gasteiger partial charge in [-0.15, -0.1) is 0 Å². The quantitative estimate of drug-likeness (QED) is 0.773. The number of nitrogens with zero attached hydrogens (tertiary/aromatic N) is 1. The SMILES string of the molecule is CC=C[C@H]1CO[C@H](c2ccc(-c3ccc(Cl)cc3)nc2)OC1. The van der Waals surface area contributed by atoms with E-state index in [9.17, 15) is 0 Å². The Morgan fingerprint density at radius 1 is 1.09 bits per heavy atom. The molecule has 1 aromatic heterocycles. The molecule has 0 atom stereocenters. The zero-order chi connectivity index (χ0) is 15.4. The molecule has 0 saturated carbocycles. The van der Waals surface area contributed by atoms with Gasteiger partial charge in [-0.2, -0.15) is 0 Å². The van der Waals surface area contributed by atoms with Gasteiger partial charge in [0.15, 0.2) is 6.29 Å². The van der Waals surface area contributed by atoms with Crippen LogP contribution in [0.5, 0.6) is 0 Å². The van der Waals surface area contributed by atoms with E-state index in [1.807, 2.05) is 55.6 Å². The number of rotatable bonds is 3. The molecule has 3 nitrogen and oxygen atoms in total. The highest BCUT2D eigenvalue weighted by Gasteiger charge is 2.22. The maximum absolute atomic E-state index is 5.90. The normalized spacial score (nSPS) is 22.1. The van der Waals surface area contributed by atoms with E-state index in [1.165, 1.54) is 0 Å². The standard InChI is InChI=1S/C18H18ClNO2/c1-2-3-13-11-21-18(22-12-13)15-6-9-17(20-10-15)14-4-7-16(19)8-5-14/h2-10,13,18H,11-12H2,1H3/t13-,18-. The van der Waals surface area contributed by atoms with Crippen LogP contribution >= 0.6 is 11.6 Å². The maximum Gasteiger partial charge on any atom is 0.185 e. The summed E-state index contributed by atoms with van der Waals surface area (Å²) in [7, 11) is 0. The van der Waals surface area contributed by atoms with Crippen LogP contribution in [0, 0.1) is 5.92 Å². The first-order valence-electron chi connectivity index (χ1n) is 7.34. The molecule has 0 radical (unpaired) electrons. The maximum atomic E-state index is 5.90. The van der Waals surface area contributed by atoms with Crippen LogP contribution in [-0.4, -0.2) is 18.2 Å². The molecule has 0 amide bonds. The highest BCUT2D eigenvalue weighted by atomic mass is 35.5. The van der Waals surface area contributed by atoms with E-state index in [2.05, 4.69) is 11.1 Å². The van der Waals surface area contributed by atoms with Gasteiger partial charge in [0.2, 0.25) is 0 Å². The zero-order valence-electron chi connectivity index (χ0n) is 12.4. The summed E-state index contributed by atoms with van der Waals surface area (Å²) in [4.78, 5) is 4.49. The molecule has 0 spiro atoms. The summed E-state index contributed by atoms with van der Waals surface area (Å²) in [6, 6.07) is 11.6. The Labute approximate surface area is 135 Å². The molecule has 1 aliphatic rings. The molecule has 0 bridgehead atoms. The lowest BCUT2D eigenvalue weighted by Crippen LogP contribution is -2.25. The summed E-state index contributed by atoms with van der Waals surface area (Å²) >= 11 is 5.90. The van der Waals surface area contributed by atoms with Crippen LogP contribution in [0.25, 0.3) is 11.3 Å². The fourth-order valence-electron chi connectivity index (χ4n) is 2.43. The second-order valence-electron chi connectivity index (χ2n) is 5.27. The van der Waals surface area contributed by atoms with E-state index in [4.69, 9.17) is 21.1 Å². The third kappa shape index (κ3) is 3.55. The Bertz CT molecular complexity index is 629. The lowest BCUT2D eigenvalue weighted by molar-refractivity contribution is -0.197. The zero-order valence-corrected chi connectivity index (χ0v) is 13.2. The number of allylic oxidation sites excluding steroid dienone is 1. The topological polar surface area (TPSA) is 31.4 Å². The van der Waals surface area contributed by atoms with Crippen molar-refractivity contribution in [2.24, 2.45) is 5.92 Å². The fourth-order valence-corrected chi connectivity index (χ4v) is 2.56. The molecule has 22 heavy (non-hydrogen) atoms. The van der Waals surface area contributed by atoms with Crippen molar-refractivity contribution < 1.29 is 9.47 Å². The van der Waals surface area contributed by atoms with Crippen LogP contribution < -0.4 is 0 Å². The number of hydrogen-bond acceptors (Lipinski definition) is 3. The predicted molar refractivity (Wildman–Crippen MR) is 87.6 cm³/mol. The molecule has 1 fully saturated rings. The van der Waals surface area contributed by atoms with E-state index < -0.39 is 0 Å².